The lowest BCUT2D eigenvalue weighted by molar-refractivity contribution is -0.196. The molecule has 0 bridgehead atoms. The monoisotopic (exact) mass is 240 g/mol. The van der Waals surface area contributed by atoms with Gasteiger partial charge in [0, 0.05) is 0 Å². The fourth-order valence-electron chi connectivity index (χ4n) is 6.75. The lowest BCUT2D eigenvalue weighted by Crippen LogP contribution is -2.61. The first-order valence-electron chi connectivity index (χ1n) is 7.00. The van der Waals surface area contributed by atoms with Crippen molar-refractivity contribution in [2.75, 3.05) is 0 Å². The Bertz CT molecular complexity index is 193. The number of hydrogen-bond donors (Lipinski definition) is 0. The molecule has 0 aromatic carbocycles. The van der Waals surface area contributed by atoms with Gasteiger partial charge < -0.3 is 0 Å². The van der Waals surface area contributed by atoms with E-state index in [1.54, 1.807) is 0 Å². The van der Waals surface area contributed by atoms with Crippen LogP contribution in [0.5, 0.6) is 0 Å². The Morgan fingerprint density at radius 3 is 0.412 bits per heavy atom. The Labute approximate surface area is 111 Å². The average Bonchev–Trinajstić information content (AvgIpc) is 1.67. The predicted molar refractivity (Wildman–Crippen MR) is 80.3 cm³/mol. The molecule has 0 atom stereocenters. The third-order valence-electron chi connectivity index (χ3n) is 4.50. The molecule has 0 radical (unpaired) electrons. The molecule has 0 rings (SSSR count). The van der Waals surface area contributed by atoms with Crippen LogP contribution in [0.3, 0.4) is 0 Å². The van der Waals surface area contributed by atoms with Crippen LogP contribution in [0.4, 0.5) is 0 Å². The zero-order chi connectivity index (χ0) is 14.5. The minimum atomic E-state index is 0.250. The fourth-order valence-corrected chi connectivity index (χ4v) is 6.75. The van der Waals surface area contributed by atoms with Crippen LogP contribution >= 0.6 is 0 Å². The standard InChI is InChI=1S/C17H36/c1-13(2,3)17(14(4,5)6,15(7,8)9)16(10,11)12/h1-12H3. The average molecular weight is 240 g/mol. The molecule has 0 aromatic rings. The maximum Gasteiger partial charge on any atom is -0.0103 e. The van der Waals surface area contributed by atoms with Crippen molar-refractivity contribution in [1.29, 1.82) is 0 Å². The van der Waals surface area contributed by atoms with Gasteiger partial charge in [-0.1, -0.05) is 83.1 Å². The van der Waals surface area contributed by atoms with E-state index in [9.17, 15) is 0 Å². The molecule has 0 N–H and O–H groups in total. The maximum atomic E-state index is 2.41. The predicted octanol–water partition coefficient (Wildman–Crippen LogP) is 6.16. The van der Waals surface area contributed by atoms with Gasteiger partial charge in [-0.15, -0.1) is 0 Å². The van der Waals surface area contributed by atoms with Crippen molar-refractivity contribution in [1.82, 2.24) is 0 Å². The van der Waals surface area contributed by atoms with E-state index in [0.717, 1.165) is 0 Å². The summed E-state index contributed by atoms with van der Waals surface area (Å²) in [6.45, 7) is 28.9. The van der Waals surface area contributed by atoms with Crippen molar-refractivity contribution in [2.24, 2.45) is 27.1 Å². The highest BCUT2D eigenvalue weighted by Gasteiger charge is 2.62. The molecule has 0 saturated carbocycles. The molecule has 0 aromatic heterocycles. The third kappa shape index (κ3) is 2.42. The number of hydrogen-bond acceptors (Lipinski definition) is 0. The maximum absolute atomic E-state index is 2.41. The smallest absolute Gasteiger partial charge is 0.0103 e. The van der Waals surface area contributed by atoms with Crippen LogP contribution in [-0.4, -0.2) is 0 Å². The summed E-state index contributed by atoms with van der Waals surface area (Å²) in [6, 6.07) is 0. The van der Waals surface area contributed by atoms with Gasteiger partial charge in [0.2, 0.25) is 0 Å². The Balaban J connectivity index is 6.37. The first-order valence-corrected chi connectivity index (χ1v) is 7.00. The van der Waals surface area contributed by atoms with Crippen LogP contribution in [0, 0.1) is 27.1 Å². The molecule has 0 heterocycles. The Morgan fingerprint density at radius 2 is 0.412 bits per heavy atom. The van der Waals surface area contributed by atoms with Gasteiger partial charge >= 0.3 is 0 Å². The molecule has 17 heavy (non-hydrogen) atoms. The van der Waals surface area contributed by atoms with E-state index in [1.165, 1.54) is 0 Å². The molecule has 0 fully saturated rings. The quantitative estimate of drug-likeness (QED) is 0.476. The minimum Gasteiger partial charge on any atom is -0.0596 e. The van der Waals surface area contributed by atoms with Crippen LogP contribution in [0.2, 0.25) is 0 Å². The van der Waals surface area contributed by atoms with Crippen molar-refractivity contribution in [3.8, 4) is 0 Å². The first kappa shape index (κ1) is 17.0. The van der Waals surface area contributed by atoms with Gasteiger partial charge in [0.15, 0.2) is 0 Å². The molecule has 0 nitrogen and oxygen atoms in total. The lowest BCUT2D eigenvalue weighted by atomic mass is 9.37. The van der Waals surface area contributed by atoms with Crippen LogP contribution in [0.25, 0.3) is 0 Å². The number of rotatable bonds is 0. The molecule has 104 valence electrons. The summed E-state index contributed by atoms with van der Waals surface area (Å²) in [4.78, 5) is 0. The normalized spacial score (nSPS) is 16.2. The molecule has 0 amide bonds. The SMILES string of the molecule is CC(C)(C)C(C(C)(C)C)(C(C)(C)C)C(C)(C)C. The summed E-state index contributed by atoms with van der Waals surface area (Å²) >= 11 is 0. The second kappa shape index (κ2) is 4.00. The van der Waals surface area contributed by atoms with E-state index < -0.39 is 0 Å². The minimum absolute atomic E-state index is 0.250. The van der Waals surface area contributed by atoms with Crippen molar-refractivity contribution >= 4 is 0 Å². The van der Waals surface area contributed by atoms with Crippen molar-refractivity contribution in [3.05, 3.63) is 0 Å². The highest BCUT2D eigenvalue weighted by molar-refractivity contribution is 5.10. The van der Waals surface area contributed by atoms with Gasteiger partial charge in [0.25, 0.3) is 0 Å². The second-order valence-corrected chi connectivity index (χ2v) is 9.75. The van der Waals surface area contributed by atoms with E-state index in [0.29, 0.717) is 0 Å². The molecular formula is C17H36. The van der Waals surface area contributed by atoms with Crippen LogP contribution in [-0.2, 0) is 0 Å². The summed E-state index contributed by atoms with van der Waals surface area (Å²) in [5, 5.41) is 0. The summed E-state index contributed by atoms with van der Waals surface area (Å²) in [5.74, 6) is 0. The van der Waals surface area contributed by atoms with E-state index in [2.05, 4.69) is 83.1 Å². The molecule has 0 heteroatoms. The molecule has 0 aliphatic heterocycles. The molecule has 0 spiro atoms. The molecular weight excluding hydrogens is 204 g/mol. The molecule has 0 aliphatic carbocycles. The van der Waals surface area contributed by atoms with Crippen LogP contribution in [0.15, 0.2) is 0 Å². The summed E-state index contributed by atoms with van der Waals surface area (Å²) in [6.07, 6.45) is 0. The largest absolute Gasteiger partial charge is 0.0596 e. The zero-order valence-electron chi connectivity index (χ0n) is 14.5. The second-order valence-electron chi connectivity index (χ2n) is 9.75. The van der Waals surface area contributed by atoms with Gasteiger partial charge in [-0.2, -0.15) is 0 Å². The topological polar surface area (TPSA) is 0 Å². The molecule has 0 saturated heterocycles. The molecule has 0 aliphatic rings. The van der Waals surface area contributed by atoms with Gasteiger partial charge in [-0.05, 0) is 27.1 Å². The highest BCUT2D eigenvalue weighted by Crippen LogP contribution is 2.69. The van der Waals surface area contributed by atoms with Gasteiger partial charge in [0.1, 0.15) is 0 Å². The van der Waals surface area contributed by atoms with Crippen molar-refractivity contribution in [3.63, 3.8) is 0 Å². The summed E-state index contributed by atoms with van der Waals surface area (Å²) in [5.41, 5.74) is 1.31. The van der Waals surface area contributed by atoms with Crippen molar-refractivity contribution < 1.29 is 0 Å². The van der Waals surface area contributed by atoms with Gasteiger partial charge in [-0.3, -0.25) is 0 Å². The van der Waals surface area contributed by atoms with E-state index in [4.69, 9.17) is 0 Å². The highest BCUT2D eigenvalue weighted by atomic mass is 14.7. The summed E-state index contributed by atoms with van der Waals surface area (Å²) in [7, 11) is 0. The third-order valence-corrected chi connectivity index (χ3v) is 4.50. The van der Waals surface area contributed by atoms with E-state index in [1.807, 2.05) is 0 Å². The first-order chi connectivity index (χ1) is 7.00. The Morgan fingerprint density at radius 1 is 0.294 bits per heavy atom. The van der Waals surface area contributed by atoms with Crippen LogP contribution in [0.1, 0.15) is 83.1 Å². The Hall–Kier alpha value is 0. The van der Waals surface area contributed by atoms with Gasteiger partial charge in [-0.25, -0.2) is 0 Å². The van der Waals surface area contributed by atoms with E-state index >= 15 is 0 Å². The van der Waals surface area contributed by atoms with Crippen molar-refractivity contribution in [2.45, 2.75) is 83.1 Å². The van der Waals surface area contributed by atoms with Crippen LogP contribution < -0.4 is 0 Å². The summed E-state index contributed by atoms with van der Waals surface area (Å²) < 4.78 is 0. The fraction of sp³-hybridized carbons (Fsp3) is 1.00. The van der Waals surface area contributed by atoms with E-state index in [-0.39, 0.29) is 27.1 Å². The zero-order valence-corrected chi connectivity index (χ0v) is 14.5. The molecule has 0 unspecified atom stereocenters. The Kier molecular flexibility index (Phi) is 4.00. The lowest BCUT2D eigenvalue weighted by Gasteiger charge is -2.67. The van der Waals surface area contributed by atoms with Gasteiger partial charge in [0.05, 0.1) is 0 Å².